The lowest BCUT2D eigenvalue weighted by molar-refractivity contribution is -0.123. The summed E-state index contributed by atoms with van der Waals surface area (Å²) >= 11 is 0. The number of sulfonamides is 1. The highest BCUT2D eigenvalue weighted by Gasteiger charge is 2.25. The molecule has 2 rings (SSSR count). The van der Waals surface area contributed by atoms with Gasteiger partial charge in [-0.15, -0.1) is 0 Å². The van der Waals surface area contributed by atoms with E-state index in [4.69, 9.17) is 0 Å². The topological polar surface area (TPSA) is 92.3 Å². The SMILES string of the molecule is CCS(=O)(=O)Nc1nccc(CCC2C(=O)CC(C)=CN2C)n1. The van der Waals surface area contributed by atoms with Crippen LogP contribution in [0.3, 0.4) is 0 Å². The number of ketones is 1. The highest BCUT2D eigenvalue weighted by Crippen LogP contribution is 2.19. The Kier molecular flexibility index (Phi) is 5.35. The summed E-state index contributed by atoms with van der Waals surface area (Å²) < 4.78 is 25.4. The number of aryl methyl sites for hydroxylation is 1. The molecule has 1 aliphatic heterocycles. The highest BCUT2D eigenvalue weighted by molar-refractivity contribution is 7.92. The molecule has 126 valence electrons. The monoisotopic (exact) mass is 338 g/mol. The van der Waals surface area contributed by atoms with E-state index in [1.807, 2.05) is 25.1 Å². The van der Waals surface area contributed by atoms with Gasteiger partial charge in [0, 0.05) is 25.4 Å². The first-order chi connectivity index (χ1) is 10.8. The molecule has 1 aromatic heterocycles. The second kappa shape index (κ2) is 7.08. The molecule has 7 nitrogen and oxygen atoms in total. The third kappa shape index (κ3) is 4.75. The van der Waals surface area contributed by atoms with Gasteiger partial charge < -0.3 is 4.90 Å². The summed E-state index contributed by atoms with van der Waals surface area (Å²) in [6.07, 6.45) is 5.21. The number of nitrogens with zero attached hydrogens (tertiary/aromatic N) is 3. The summed E-state index contributed by atoms with van der Waals surface area (Å²) in [6.45, 7) is 3.49. The van der Waals surface area contributed by atoms with E-state index in [9.17, 15) is 13.2 Å². The maximum absolute atomic E-state index is 12.1. The van der Waals surface area contributed by atoms with Crippen molar-refractivity contribution in [3.8, 4) is 0 Å². The predicted octanol–water partition coefficient (Wildman–Crippen LogP) is 1.35. The molecule has 1 aromatic rings. The van der Waals surface area contributed by atoms with Crippen molar-refractivity contribution in [3.05, 3.63) is 29.7 Å². The molecule has 1 N–H and O–H groups in total. The van der Waals surface area contributed by atoms with Gasteiger partial charge in [0.1, 0.15) is 0 Å². The maximum atomic E-state index is 12.1. The van der Waals surface area contributed by atoms with Crippen LogP contribution in [-0.4, -0.2) is 47.9 Å². The smallest absolute Gasteiger partial charge is 0.236 e. The first-order valence-corrected chi connectivity index (χ1v) is 9.20. The second-order valence-corrected chi connectivity index (χ2v) is 7.73. The minimum Gasteiger partial charge on any atom is -0.370 e. The first-order valence-electron chi connectivity index (χ1n) is 7.55. The van der Waals surface area contributed by atoms with Gasteiger partial charge in [0.05, 0.1) is 11.8 Å². The van der Waals surface area contributed by atoms with Gasteiger partial charge in [-0.1, -0.05) is 0 Å². The number of hydrogen-bond donors (Lipinski definition) is 1. The van der Waals surface area contributed by atoms with Crippen LogP contribution in [0.1, 0.15) is 32.4 Å². The molecule has 0 amide bonds. The van der Waals surface area contributed by atoms with Crippen molar-refractivity contribution in [2.75, 3.05) is 17.5 Å². The van der Waals surface area contributed by atoms with Gasteiger partial charge in [-0.3, -0.25) is 9.52 Å². The number of carbonyl (C=O) groups excluding carboxylic acids is 1. The zero-order valence-electron chi connectivity index (χ0n) is 13.6. The molecule has 0 bridgehead atoms. The molecule has 23 heavy (non-hydrogen) atoms. The Labute approximate surface area is 136 Å². The minimum atomic E-state index is -3.39. The van der Waals surface area contributed by atoms with E-state index in [2.05, 4.69) is 14.7 Å². The number of nitrogens with one attached hydrogen (secondary N) is 1. The van der Waals surface area contributed by atoms with Gasteiger partial charge in [-0.05, 0) is 44.5 Å². The Morgan fingerprint density at radius 2 is 2.17 bits per heavy atom. The number of Topliss-reactive ketones (excluding diaryl/α,β-unsaturated/α-hetero) is 1. The Morgan fingerprint density at radius 1 is 1.43 bits per heavy atom. The Balaban J connectivity index is 2.03. The fraction of sp³-hybridized carbons (Fsp3) is 0.533. The summed E-state index contributed by atoms with van der Waals surface area (Å²) in [5.74, 6) is 0.241. The quantitative estimate of drug-likeness (QED) is 0.842. The average molecular weight is 338 g/mol. The lowest BCUT2D eigenvalue weighted by atomic mass is 9.96. The van der Waals surface area contributed by atoms with Crippen molar-refractivity contribution in [3.63, 3.8) is 0 Å². The Morgan fingerprint density at radius 3 is 2.83 bits per heavy atom. The summed E-state index contributed by atoms with van der Waals surface area (Å²) in [7, 11) is -1.50. The van der Waals surface area contributed by atoms with E-state index >= 15 is 0 Å². The summed E-state index contributed by atoms with van der Waals surface area (Å²) in [4.78, 5) is 22.2. The van der Waals surface area contributed by atoms with E-state index in [1.54, 1.807) is 13.0 Å². The van der Waals surface area contributed by atoms with Crippen molar-refractivity contribution >= 4 is 21.8 Å². The van der Waals surface area contributed by atoms with Gasteiger partial charge in [0.25, 0.3) is 0 Å². The first kappa shape index (κ1) is 17.4. The van der Waals surface area contributed by atoms with Gasteiger partial charge in [0.15, 0.2) is 5.78 Å². The van der Waals surface area contributed by atoms with E-state index in [0.717, 1.165) is 5.57 Å². The predicted molar refractivity (Wildman–Crippen MR) is 88.4 cm³/mol. The molecule has 1 aliphatic rings. The van der Waals surface area contributed by atoms with Crippen molar-refractivity contribution in [2.24, 2.45) is 0 Å². The summed E-state index contributed by atoms with van der Waals surface area (Å²) in [5.41, 5.74) is 1.77. The number of aromatic nitrogens is 2. The molecule has 2 heterocycles. The lowest BCUT2D eigenvalue weighted by Gasteiger charge is -2.30. The zero-order chi connectivity index (χ0) is 17.0. The number of rotatable bonds is 6. The van der Waals surface area contributed by atoms with E-state index in [0.29, 0.717) is 25.0 Å². The van der Waals surface area contributed by atoms with Crippen molar-refractivity contribution in [1.29, 1.82) is 0 Å². The normalized spacial score (nSPS) is 18.7. The molecular formula is C15H22N4O3S. The number of allylic oxidation sites excluding steroid dienone is 1. The lowest BCUT2D eigenvalue weighted by Crippen LogP contribution is -2.38. The molecule has 0 saturated heterocycles. The maximum Gasteiger partial charge on any atom is 0.236 e. The van der Waals surface area contributed by atoms with Crippen molar-refractivity contribution < 1.29 is 13.2 Å². The van der Waals surface area contributed by atoms with Crippen molar-refractivity contribution in [2.45, 2.75) is 39.2 Å². The van der Waals surface area contributed by atoms with Crippen LogP contribution in [0.4, 0.5) is 5.95 Å². The molecule has 0 fully saturated rings. The number of carbonyl (C=O) groups is 1. The van der Waals surface area contributed by atoms with Crippen LogP contribution < -0.4 is 4.72 Å². The van der Waals surface area contributed by atoms with Crippen LogP contribution in [0.15, 0.2) is 24.0 Å². The molecule has 0 saturated carbocycles. The Hall–Kier alpha value is -1.96. The second-order valence-electron chi connectivity index (χ2n) is 5.72. The molecule has 0 radical (unpaired) electrons. The fourth-order valence-corrected chi connectivity index (χ4v) is 3.07. The van der Waals surface area contributed by atoms with Gasteiger partial charge >= 0.3 is 0 Å². The summed E-state index contributed by atoms with van der Waals surface area (Å²) in [5, 5.41) is 0. The largest absolute Gasteiger partial charge is 0.370 e. The molecule has 8 heteroatoms. The number of anilines is 1. The molecular weight excluding hydrogens is 316 g/mol. The van der Waals surface area contributed by atoms with Crippen LogP contribution in [0.2, 0.25) is 0 Å². The van der Waals surface area contributed by atoms with Crippen LogP contribution >= 0.6 is 0 Å². The third-order valence-corrected chi connectivity index (χ3v) is 5.01. The van der Waals surface area contributed by atoms with Crippen LogP contribution in [0, 0.1) is 0 Å². The zero-order valence-corrected chi connectivity index (χ0v) is 14.4. The number of hydrogen-bond acceptors (Lipinski definition) is 6. The van der Waals surface area contributed by atoms with Crippen LogP contribution in [0.25, 0.3) is 0 Å². The van der Waals surface area contributed by atoms with Crippen LogP contribution in [-0.2, 0) is 21.2 Å². The van der Waals surface area contributed by atoms with Gasteiger partial charge in [-0.25, -0.2) is 18.4 Å². The summed E-state index contributed by atoms with van der Waals surface area (Å²) in [6, 6.07) is 1.57. The van der Waals surface area contributed by atoms with Crippen molar-refractivity contribution in [1.82, 2.24) is 14.9 Å². The third-order valence-electron chi connectivity index (χ3n) is 3.75. The highest BCUT2D eigenvalue weighted by atomic mass is 32.2. The van der Waals surface area contributed by atoms with Crippen LogP contribution in [0.5, 0.6) is 0 Å². The molecule has 1 unspecified atom stereocenters. The van der Waals surface area contributed by atoms with E-state index < -0.39 is 10.0 Å². The molecule has 0 spiro atoms. The van der Waals surface area contributed by atoms with E-state index in [1.165, 1.54) is 6.20 Å². The average Bonchev–Trinajstić information content (AvgIpc) is 2.46. The minimum absolute atomic E-state index is 0.0341. The molecule has 0 aromatic carbocycles. The Bertz CT molecular complexity index is 715. The fourth-order valence-electron chi connectivity index (χ4n) is 2.55. The molecule has 1 atom stereocenters. The van der Waals surface area contributed by atoms with Gasteiger partial charge in [-0.2, -0.15) is 0 Å². The number of likely N-dealkylation sites (N-methyl/N-ethyl adjacent to an activating group) is 1. The molecule has 0 aliphatic carbocycles. The standard InChI is InChI=1S/C15H22N4O3S/c1-4-23(21,22)18-15-16-8-7-12(17-15)5-6-13-14(20)9-11(2)10-19(13)3/h7-8,10,13H,4-6,9H2,1-3H3,(H,16,17,18). The van der Waals surface area contributed by atoms with Gasteiger partial charge in [0.2, 0.25) is 16.0 Å². The van der Waals surface area contributed by atoms with E-state index in [-0.39, 0.29) is 23.5 Å².